The molecule has 158 valence electrons. The van der Waals surface area contributed by atoms with Crippen LogP contribution in [-0.4, -0.2) is 41.7 Å². The fourth-order valence-electron chi connectivity index (χ4n) is 6.34. The molecule has 2 aliphatic carbocycles. The van der Waals surface area contributed by atoms with Crippen molar-refractivity contribution in [3.05, 3.63) is 94.8 Å². The van der Waals surface area contributed by atoms with Crippen molar-refractivity contribution in [2.75, 3.05) is 26.7 Å². The first-order chi connectivity index (χ1) is 15.1. The van der Waals surface area contributed by atoms with E-state index in [0.717, 1.165) is 50.2 Å². The van der Waals surface area contributed by atoms with Crippen molar-refractivity contribution in [1.82, 2.24) is 9.88 Å². The lowest BCUT2D eigenvalue weighted by Gasteiger charge is -2.42. The van der Waals surface area contributed by atoms with Gasteiger partial charge in [-0.05, 0) is 59.7 Å². The van der Waals surface area contributed by atoms with Gasteiger partial charge in [-0.25, -0.2) is 0 Å². The molecule has 3 aliphatic rings. The second kappa shape index (κ2) is 6.91. The van der Waals surface area contributed by atoms with Crippen LogP contribution < -0.4 is 4.74 Å². The summed E-state index contributed by atoms with van der Waals surface area (Å²) in [6.45, 7) is 2.77. The highest BCUT2D eigenvalue weighted by molar-refractivity contribution is 5.64. The number of likely N-dealkylation sites (tertiary alicyclic amines) is 1. The minimum atomic E-state index is -0.769. The summed E-state index contributed by atoms with van der Waals surface area (Å²) in [5, 5.41) is 11.3. The zero-order valence-electron chi connectivity index (χ0n) is 17.9. The van der Waals surface area contributed by atoms with E-state index in [1.807, 2.05) is 18.3 Å². The minimum Gasteiger partial charge on any atom is -0.497 e. The van der Waals surface area contributed by atoms with Gasteiger partial charge in [0, 0.05) is 48.9 Å². The normalized spacial score (nSPS) is 25.8. The summed E-state index contributed by atoms with van der Waals surface area (Å²) in [6, 6.07) is 19.5. The van der Waals surface area contributed by atoms with Gasteiger partial charge in [-0.1, -0.05) is 36.4 Å². The Labute approximate surface area is 183 Å². The molecule has 1 aliphatic heterocycles. The second-order valence-corrected chi connectivity index (χ2v) is 9.43. The number of methoxy groups -OCH3 is 1. The van der Waals surface area contributed by atoms with Crippen LogP contribution in [-0.2, 0) is 11.0 Å². The van der Waals surface area contributed by atoms with Crippen molar-refractivity contribution in [3.63, 3.8) is 0 Å². The maximum Gasteiger partial charge on any atom is 0.119 e. The minimum absolute atomic E-state index is 0.00882. The largest absolute Gasteiger partial charge is 0.497 e. The van der Waals surface area contributed by atoms with Crippen LogP contribution >= 0.6 is 0 Å². The van der Waals surface area contributed by atoms with Crippen molar-refractivity contribution in [2.45, 2.75) is 36.2 Å². The first-order valence-corrected chi connectivity index (χ1v) is 11.3. The average molecular weight is 413 g/mol. The van der Waals surface area contributed by atoms with E-state index in [0.29, 0.717) is 5.92 Å². The summed E-state index contributed by atoms with van der Waals surface area (Å²) < 4.78 is 5.59. The molecule has 4 nitrogen and oxygen atoms in total. The smallest absolute Gasteiger partial charge is 0.119 e. The molecule has 0 radical (unpaired) electrons. The van der Waals surface area contributed by atoms with E-state index in [-0.39, 0.29) is 5.41 Å². The average Bonchev–Trinajstić information content (AvgIpc) is 3.33. The lowest BCUT2D eigenvalue weighted by molar-refractivity contribution is -0.0291. The van der Waals surface area contributed by atoms with E-state index in [2.05, 4.69) is 52.3 Å². The number of piperidine rings is 1. The fourth-order valence-corrected chi connectivity index (χ4v) is 6.34. The van der Waals surface area contributed by atoms with Crippen molar-refractivity contribution >= 4 is 0 Å². The molecule has 31 heavy (non-hydrogen) atoms. The Morgan fingerprint density at radius 2 is 1.84 bits per heavy atom. The summed E-state index contributed by atoms with van der Waals surface area (Å²) >= 11 is 0. The predicted octanol–water partition coefficient (Wildman–Crippen LogP) is 4.21. The molecule has 2 unspecified atom stereocenters. The molecular formula is C27H28N2O2. The summed E-state index contributed by atoms with van der Waals surface area (Å²) in [4.78, 5) is 6.77. The SMILES string of the molecule is COc1ccc2c(c1)C1(CN3CCC(O)(c4cccnc4)CC3)CC2c2ccccc21. The second-order valence-electron chi connectivity index (χ2n) is 9.43. The summed E-state index contributed by atoms with van der Waals surface area (Å²) in [5.74, 6) is 1.42. The molecule has 1 aromatic heterocycles. The van der Waals surface area contributed by atoms with Crippen molar-refractivity contribution in [1.29, 1.82) is 0 Å². The maximum atomic E-state index is 11.3. The van der Waals surface area contributed by atoms with Crippen LogP contribution in [0.5, 0.6) is 5.75 Å². The third-order valence-electron chi connectivity index (χ3n) is 7.93. The first kappa shape index (κ1) is 19.0. The predicted molar refractivity (Wildman–Crippen MR) is 120 cm³/mol. The molecule has 2 atom stereocenters. The molecule has 0 spiro atoms. The molecule has 0 saturated carbocycles. The Balaban J connectivity index is 1.32. The molecule has 1 saturated heterocycles. The topological polar surface area (TPSA) is 45.6 Å². The lowest BCUT2D eigenvalue weighted by Crippen LogP contribution is -2.47. The van der Waals surface area contributed by atoms with E-state index in [1.165, 1.54) is 22.3 Å². The third kappa shape index (κ3) is 2.78. The van der Waals surface area contributed by atoms with Gasteiger partial charge in [0.25, 0.3) is 0 Å². The molecule has 1 N–H and O–H groups in total. The number of nitrogens with zero attached hydrogens (tertiary/aromatic N) is 2. The van der Waals surface area contributed by atoms with E-state index in [9.17, 15) is 5.11 Å². The number of aromatic nitrogens is 1. The fraction of sp³-hybridized carbons (Fsp3) is 0.370. The standard InChI is InChI=1S/C27H28N2O2/c1-31-20-8-9-22-23-16-26(25(22)15-20,24-7-3-2-6-21(23)24)18-29-13-10-27(30,11-14-29)19-5-4-12-28-17-19/h2-9,12,15,17,23,30H,10-11,13-14,16,18H2,1H3. The van der Waals surface area contributed by atoms with Gasteiger partial charge in [0.1, 0.15) is 5.75 Å². The van der Waals surface area contributed by atoms with Gasteiger partial charge in [-0.15, -0.1) is 0 Å². The Morgan fingerprint density at radius 1 is 1.03 bits per heavy atom. The Hall–Kier alpha value is -2.69. The van der Waals surface area contributed by atoms with Crippen LogP contribution in [0.4, 0.5) is 0 Å². The number of fused-ring (bicyclic) bond motifs is 8. The molecular weight excluding hydrogens is 384 g/mol. The van der Waals surface area contributed by atoms with Gasteiger partial charge in [0.15, 0.2) is 0 Å². The van der Waals surface area contributed by atoms with E-state index >= 15 is 0 Å². The summed E-state index contributed by atoms with van der Waals surface area (Å²) in [6.07, 6.45) is 6.19. The molecule has 4 heteroatoms. The van der Waals surface area contributed by atoms with Gasteiger partial charge < -0.3 is 14.7 Å². The maximum absolute atomic E-state index is 11.3. The van der Waals surface area contributed by atoms with E-state index in [4.69, 9.17) is 4.74 Å². The number of hydrogen-bond donors (Lipinski definition) is 1. The van der Waals surface area contributed by atoms with Gasteiger partial charge in [0.05, 0.1) is 12.7 Å². The summed E-state index contributed by atoms with van der Waals surface area (Å²) in [5.41, 5.74) is 6.05. The van der Waals surface area contributed by atoms with Crippen LogP contribution in [0.25, 0.3) is 0 Å². The van der Waals surface area contributed by atoms with Gasteiger partial charge in [-0.3, -0.25) is 4.98 Å². The van der Waals surface area contributed by atoms with Crippen LogP contribution in [0.3, 0.4) is 0 Å². The van der Waals surface area contributed by atoms with Crippen molar-refractivity contribution in [3.8, 4) is 5.75 Å². The zero-order valence-corrected chi connectivity index (χ0v) is 17.9. The number of rotatable bonds is 4. The van der Waals surface area contributed by atoms with Crippen LogP contribution in [0.1, 0.15) is 53.0 Å². The highest BCUT2D eigenvalue weighted by Gasteiger charge is 2.53. The highest BCUT2D eigenvalue weighted by Crippen LogP contribution is 2.61. The quantitative estimate of drug-likeness (QED) is 0.697. The Bertz CT molecular complexity index is 1120. The van der Waals surface area contributed by atoms with Gasteiger partial charge >= 0.3 is 0 Å². The number of benzene rings is 2. The Morgan fingerprint density at radius 3 is 2.61 bits per heavy atom. The zero-order chi connectivity index (χ0) is 21.1. The van der Waals surface area contributed by atoms with Crippen LogP contribution in [0.15, 0.2) is 67.0 Å². The van der Waals surface area contributed by atoms with E-state index in [1.54, 1.807) is 13.3 Å². The van der Waals surface area contributed by atoms with Crippen LogP contribution in [0, 0.1) is 0 Å². The van der Waals surface area contributed by atoms with E-state index < -0.39 is 5.60 Å². The lowest BCUT2D eigenvalue weighted by atomic mass is 9.74. The third-order valence-corrected chi connectivity index (χ3v) is 7.93. The number of hydrogen-bond acceptors (Lipinski definition) is 4. The molecule has 2 bridgehead atoms. The molecule has 6 rings (SSSR count). The van der Waals surface area contributed by atoms with Gasteiger partial charge in [-0.2, -0.15) is 0 Å². The summed E-state index contributed by atoms with van der Waals surface area (Å²) in [7, 11) is 1.75. The number of ether oxygens (including phenoxy) is 1. The molecule has 2 heterocycles. The number of aliphatic hydroxyl groups is 1. The van der Waals surface area contributed by atoms with Crippen LogP contribution in [0.2, 0.25) is 0 Å². The van der Waals surface area contributed by atoms with Crippen molar-refractivity contribution in [2.24, 2.45) is 0 Å². The molecule has 1 fully saturated rings. The monoisotopic (exact) mass is 412 g/mol. The molecule has 2 aromatic carbocycles. The van der Waals surface area contributed by atoms with Crippen molar-refractivity contribution < 1.29 is 9.84 Å². The highest BCUT2D eigenvalue weighted by atomic mass is 16.5. The molecule has 0 amide bonds. The van der Waals surface area contributed by atoms with Gasteiger partial charge in [0.2, 0.25) is 0 Å². The first-order valence-electron chi connectivity index (χ1n) is 11.3. The Kier molecular flexibility index (Phi) is 4.24. The molecule has 3 aromatic rings. The number of pyridine rings is 1.